The Bertz CT molecular complexity index is 2330. The van der Waals surface area contributed by atoms with E-state index in [1.54, 1.807) is 13.8 Å². The first-order valence-electron chi connectivity index (χ1n) is 15.4. The highest BCUT2D eigenvalue weighted by Crippen LogP contribution is 2.51. The van der Waals surface area contributed by atoms with Crippen molar-refractivity contribution in [3.8, 4) is 33.4 Å². The number of rotatable bonds is 5. The zero-order chi connectivity index (χ0) is 31.7. The van der Waals surface area contributed by atoms with Crippen LogP contribution in [-0.2, 0) is 19.1 Å². The lowest BCUT2D eigenvalue weighted by atomic mass is 9.91. The molecule has 4 nitrogen and oxygen atoms in total. The van der Waals surface area contributed by atoms with Crippen molar-refractivity contribution in [1.29, 1.82) is 0 Å². The Morgan fingerprint density at radius 2 is 1.13 bits per heavy atom. The van der Waals surface area contributed by atoms with Gasteiger partial charge in [-0.25, -0.2) is 9.59 Å². The molecule has 6 aromatic carbocycles. The molecule has 8 rings (SSSR count). The third-order valence-corrected chi connectivity index (χ3v) is 9.18. The summed E-state index contributed by atoms with van der Waals surface area (Å²) in [5, 5.41) is 4.29. The van der Waals surface area contributed by atoms with Gasteiger partial charge in [0, 0.05) is 33.4 Å². The Hall–Kier alpha value is -5.74. The molecular formula is C42H30O4. The molecule has 0 radical (unpaired) electrons. The van der Waals surface area contributed by atoms with Gasteiger partial charge in [0.25, 0.3) is 0 Å². The van der Waals surface area contributed by atoms with Gasteiger partial charge < -0.3 is 9.47 Å². The molecule has 0 amide bonds. The maximum Gasteiger partial charge on any atom is 0.334 e. The zero-order valence-corrected chi connectivity index (χ0v) is 25.6. The Labute approximate surface area is 267 Å². The molecule has 46 heavy (non-hydrogen) atoms. The van der Waals surface area contributed by atoms with Crippen LogP contribution in [0.25, 0.3) is 54.9 Å². The van der Waals surface area contributed by atoms with Crippen LogP contribution in [0, 0.1) is 0 Å². The predicted molar refractivity (Wildman–Crippen MR) is 183 cm³/mol. The highest BCUT2D eigenvalue weighted by atomic mass is 16.5. The molecule has 2 aliphatic carbocycles. The molecule has 4 heteroatoms. The number of fused-ring (bicyclic) bond motifs is 9. The van der Waals surface area contributed by atoms with E-state index >= 15 is 0 Å². The Morgan fingerprint density at radius 3 is 1.89 bits per heavy atom. The topological polar surface area (TPSA) is 52.6 Å². The molecule has 0 aromatic heterocycles. The van der Waals surface area contributed by atoms with Crippen molar-refractivity contribution in [1.82, 2.24) is 0 Å². The molecule has 6 aromatic rings. The molecule has 0 bridgehead atoms. The summed E-state index contributed by atoms with van der Waals surface area (Å²) < 4.78 is 12.2. The first kappa shape index (κ1) is 27.8. The van der Waals surface area contributed by atoms with Crippen LogP contribution in [0.3, 0.4) is 0 Å². The molecule has 2 atom stereocenters. The molecule has 222 valence electrons. The quantitative estimate of drug-likeness (QED) is 0.146. The normalized spacial score (nSPS) is 15.5. The second-order valence-corrected chi connectivity index (χ2v) is 12.2. The molecule has 0 spiro atoms. The lowest BCUT2D eigenvalue weighted by Gasteiger charge is -2.19. The van der Waals surface area contributed by atoms with Crippen molar-refractivity contribution in [3.63, 3.8) is 0 Å². The fourth-order valence-electron chi connectivity index (χ4n) is 7.01. The number of ether oxygens (including phenoxy) is 2. The smallest absolute Gasteiger partial charge is 0.334 e. The largest absolute Gasteiger partial charge is 0.449 e. The Kier molecular flexibility index (Phi) is 6.29. The van der Waals surface area contributed by atoms with Crippen molar-refractivity contribution in [2.24, 2.45) is 0 Å². The van der Waals surface area contributed by atoms with Crippen molar-refractivity contribution in [2.45, 2.75) is 26.1 Å². The lowest BCUT2D eigenvalue weighted by molar-refractivity contribution is -0.143. The van der Waals surface area contributed by atoms with Crippen LogP contribution in [0.4, 0.5) is 0 Å². The number of carbonyl (C=O) groups excluding carboxylic acids is 2. The highest BCUT2D eigenvalue weighted by Gasteiger charge is 2.35. The van der Waals surface area contributed by atoms with Crippen molar-refractivity contribution in [3.05, 3.63) is 156 Å². The van der Waals surface area contributed by atoms with Gasteiger partial charge in [0.15, 0.2) is 12.2 Å². The van der Waals surface area contributed by atoms with Gasteiger partial charge in [0.2, 0.25) is 0 Å². The van der Waals surface area contributed by atoms with E-state index in [0.29, 0.717) is 11.1 Å². The monoisotopic (exact) mass is 598 g/mol. The van der Waals surface area contributed by atoms with E-state index < -0.39 is 24.1 Å². The summed E-state index contributed by atoms with van der Waals surface area (Å²) in [6.45, 7) is 11.0. The second kappa shape index (κ2) is 10.4. The van der Waals surface area contributed by atoms with Gasteiger partial charge in [-0.15, -0.1) is 0 Å². The highest BCUT2D eigenvalue weighted by molar-refractivity contribution is 6.04. The zero-order valence-electron chi connectivity index (χ0n) is 25.6. The molecule has 0 saturated carbocycles. The second-order valence-electron chi connectivity index (χ2n) is 12.2. The van der Waals surface area contributed by atoms with Gasteiger partial charge in [0.1, 0.15) is 0 Å². The average molecular weight is 599 g/mol. The third kappa shape index (κ3) is 4.21. The minimum atomic E-state index is -0.557. The molecule has 2 aliphatic rings. The van der Waals surface area contributed by atoms with Gasteiger partial charge in [0.05, 0.1) is 0 Å². The predicted octanol–water partition coefficient (Wildman–Crippen LogP) is 10.0. The van der Waals surface area contributed by atoms with E-state index in [1.165, 1.54) is 0 Å². The fraction of sp³-hybridized carbons (Fsp3) is 0.0952. The van der Waals surface area contributed by atoms with Gasteiger partial charge in [-0.3, -0.25) is 0 Å². The van der Waals surface area contributed by atoms with Crippen LogP contribution in [0.5, 0.6) is 0 Å². The molecule has 0 aliphatic heterocycles. The maximum absolute atomic E-state index is 12.9. The van der Waals surface area contributed by atoms with Gasteiger partial charge in [-0.1, -0.05) is 104 Å². The van der Waals surface area contributed by atoms with Crippen molar-refractivity contribution in [2.75, 3.05) is 0 Å². The van der Waals surface area contributed by atoms with Crippen molar-refractivity contribution < 1.29 is 19.1 Å². The van der Waals surface area contributed by atoms with E-state index in [1.807, 2.05) is 36.4 Å². The number of hydrogen-bond donors (Lipinski definition) is 0. The van der Waals surface area contributed by atoms with Crippen LogP contribution in [-0.4, -0.2) is 11.9 Å². The SMILES string of the molecule is C=C(C)C(=O)OC1c2cc(-c3cccc4c5c(ccc34)-c3ccccc3C5OC(=O)C(=C)C)ccc2-c2cc3ccccc3cc21. The van der Waals surface area contributed by atoms with Crippen LogP contribution < -0.4 is 0 Å². The number of hydrogen-bond acceptors (Lipinski definition) is 4. The van der Waals surface area contributed by atoms with E-state index in [9.17, 15) is 9.59 Å². The summed E-state index contributed by atoms with van der Waals surface area (Å²) in [6, 6.07) is 37.6. The van der Waals surface area contributed by atoms with Crippen LogP contribution in [0.15, 0.2) is 133 Å². The standard InChI is InChI=1S/C42H30O4/c1-23(2)41(43)45-39-36-22-27(16-17-31(36)35-20-25-10-5-6-11-26(25)21-37(35)39)28-14-9-15-32-30(28)18-19-33-29-12-7-8-13-34(29)40(38(32)33)46-42(44)24(3)4/h5-22,39-40H,1,3H2,2,4H3. The van der Waals surface area contributed by atoms with Crippen molar-refractivity contribution >= 4 is 33.5 Å². The number of benzene rings is 6. The lowest BCUT2D eigenvalue weighted by Crippen LogP contribution is -2.11. The minimum absolute atomic E-state index is 0.359. The molecule has 0 fully saturated rings. The summed E-state index contributed by atoms with van der Waals surface area (Å²) in [6.07, 6.45) is -1.10. The number of carbonyl (C=O) groups is 2. The summed E-state index contributed by atoms with van der Waals surface area (Å²) in [7, 11) is 0. The summed E-state index contributed by atoms with van der Waals surface area (Å²) in [5.74, 6) is -0.833. The van der Waals surface area contributed by atoms with Crippen LogP contribution >= 0.6 is 0 Å². The third-order valence-electron chi connectivity index (χ3n) is 9.18. The van der Waals surface area contributed by atoms with E-state index in [4.69, 9.17) is 9.47 Å². The summed E-state index contributed by atoms with van der Waals surface area (Å²) in [5.41, 5.74) is 10.9. The molecule has 0 heterocycles. The summed E-state index contributed by atoms with van der Waals surface area (Å²) >= 11 is 0. The Balaban J connectivity index is 1.29. The summed E-state index contributed by atoms with van der Waals surface area (Å²) in [4.78, 5) is 25.7. The Morgan fingerprint density at radius 1 is 0.522 bits per heavy atom. The minimum Gasteiger partial charge on any atom is -0.449 e. The molecule has 0 N–H and O–H groups in total. The van der Waals surface area contributed by atoms with E-state index in [2.05, 4.69) is 86.0 Å². The van der Waals surface area contributed by atoms with E-state index in [0.717, 1.165) is 77.2 Å². The molecule has 2 unspecified atom stereocenters. The van der Waals surface area contributed by atoms with Crippen LogP contribution in [0.1, 0.15) is 48.3 Å². The fourth-order valence-corrected chi connectivity index (χ4v) is 7.01. The van der Waals surface area contributed by atoms with Gasteiger partial charge >= 0.3 is 11.9 Å². The number of esters is 2. The molecule has 0 saturated heterocycles. The first-order chi connectivity index (χ1) is 22.3. The molecular weight excluding hydrogens is 568 g/mol. The average Bonchev–Trinajstić information content (AvgIpc) is 3.54. The van der Waals surface area contributed by atoms with Crippen LogP contribution in [0.2, 0.25) is 0 Å². The van der Waals surface area contributed by atoms with Gasteiger partial charge in [-0.05, 0) is 87.0 Å². The first-order valence-corrected chi connectivity index (χ1v) is 15.4. The van der Waals surface area contributed by atoms with Gasteiger partial charge in [-0.2, -0.15) is 0 Å². The maximum atomic E-state index is 12.9. The van der Waals surface area contributed by atoms with E-state index in [-0.39, 0.29) is 0 Å².